The third kappa shape index (κ3) is 1.72. The van der Waals surface area contributed by atoms with Crippen molar-refractivity contribution in [3.05, 3.63) is 48.1 Å². The summed E-state index contributed by atoms with van der Waals surface area (Å²) in [6.45, 7) is 0. The molecule has 5 heteroatoms. The molecular weight excluding hydrogens is 236 g/mol. The summed E-state index contributed by atoms with van der Waals surface area (Å²) in [5.74, 6) is 0. The molecule has 0 unspecified atom stereocenters. The van der Waals surface area contributed by atoms with Crippen molar-refractivity contribution in [2.45, 2.75) is 0 Å². The molecule has 3 aromatic rings. The normalized spacial score (nSPS) is 10.6. The average molecular weight is 243 g/mol. The summed E-state index contributed by atoms with van der Waals surface area (Å²) in [4.78, 5) is 7.96. The molecule has 0 aliphatic rings. The van der Waals surface area contributed by atoms with Crippen LogP contribution in [0.2, 0.25) is 5.15 Å². The van der Waals surface area contributed by atoms with Gasteiger partial charge in [0.15, 0.2) is 5.15 Å². The van der Waals surface area contributed by atoms with Crippen molar-refractivity contribution in [3.8, 4) is 11.3 Å². The van der Waals surface area contributed by atoms with E-state index >= 15 is 0 Å². The number of fused-ring (bicyclic) bond motifs is 1. The molecule has 0 atom stereocenters. The van der Waals surface area contributed by atoms with Gasteiger partial charge >= 0.3 is 0 Å². The number of rotatable bonds is 1. The zero-order valence-electron chi connectivity index (χ0n) is 8.71. The van der Waals surface area contributed by atoms with E-state index < -0.39 is 0 Å². The number of aromatic nitrogens is 4. The molecule has 17 heavy (non-hydrogen) atoms. The van der Waals surface area contributed by atoms with Crippen molar-refractivity contribution >= 4 is 22.4 Å². The standard InChI is InChI=1S/C12H7ClN4/c13-12-10-4-2-1-3-9(10)11(16-17-12)8-5-14-7-15-6-8/h1-7H. The highest BCUT2D eigenvalue weighted by Crippen LogP contribution is 2.28. The predicted octanol–water partition coefficient (Wildman–Crippen LogP) is 2.74. The van der Waals surface area contributed by atoms with Crippen LogP contribution in [0.25, 0.3) is 22.0 Å². The Balaban J connectivity index is 2.35. The van der Waals surface area contributed by atoms with E-state index in [0.717, 1.165) is 22.0 Å². The lowest BCUT2D eigenvalue weighted by Gasteiger charge is -2.04. The third-order valence-electron chi connectivity index (χ3n) is 2.48. The summed E-state index contributed by atoms with van der Waals surface area (Å²) in [7, 11) is 0. The van der Waals surface area contributed by atoms with Gasteiger partial charge in [-0.05, 0) is 0 Å². The molecule has 3 rings (SSSR count). The van der Waals surface area contributed by atoms with E-state index in [2.05, 4.69) is 20.2 Å². The minimum atomic E-state index is 0.404. The maximum atomic E-state index is 6.01. The summed E-state index contributed by atoms with van der Waals surface area (Å²) in [6.07, 6.45) is 4.89. The van der Waals surface area contributed by atoms with Gasteiger partial charge in [0.25, 0.3) is 0 Å². The molecule has 0 radical (unpaired) electrons. The number of halogens is 1. The number of hydrogen-bond donors (Lipinski definition) is 0. The predicted molar refractivity (Wildman–Crippen MR) is 65.6 cm³/mol. The lowest BCUT2D eigenvalue weighted by atomic mass is 10.1. The summed E-state index contributed by atoms with van der Waals surface area (Å²) in [6, 6.07) is 7.73. The smallest absolute Gasteiger partial charge is 0.159 e. The highest BCUT2D eigenvalue weighted by Gasteiger charge is 2.09. The van der Waals surface area contributed by atoms with E-state index in [1.807, 2.05) is 24.3 Å². The van der Waals surface area contributed by atoms with Crippen molar-refractivity contribution in [1.82, 2.24) is 20.2 Å². The summed E-state index contributed by atoms with van der Waals surface area (Å²) in [5, 5.41) is 10.3. The molecule has 1 aromatic carbocycles. The first-order chi connectivity index (χ1) is 8.36. The monoisotopic (exact) mass is 242 g/mol. The van der Waals surface area contributed by atoms with Gasteiger partial charge in [0.2, 0.25) is 0 Å². The minimum absolute atomic E-state index is 0.404. The van der Waals surface area contributed by atoms with E-state index in [0.29, 0.717) is 5.15 Å². The number of hydrogen-bond acceptors (Lipinski definition) is 4. The Bertz CT molecular complexity index is 670. The van der Waals surface area contributed by atoms with E-state index in [1.54, 1.807) is 12.4 Å². The van der Waals surface area contributed by atoms with Gasteiger partial charge in [-0.15, -0.1) is 10.2 Å². The molecule has 2 heterocycles. The topological polar surface area (TPSA) is 51.6 Å². The van der Waals surface area contributed by atoms with Crippen LogP contribution in [0.1, 0.15) is 0 Å². The molecule has 82 valence electrons. The summed E-state index contributed by atoms with van der Waals surface area (Å²) in [5.41, 5.74) is 1.57. The van der Waals surface area contributed by atoms with Crippen LogP contribution in [0.15, 0.2) is 43.0 Å². The molecule has 0 amide bonds. The maximum Gasteiger partial charge on any atom is 0.159 e. The molecule has 0 aliphatic carbocycles. The van der Waals surface area contributed by atoms with Gasteiger partial charge in [0, 0.05) is 28.7 Å². The van der Waals surface area contributed by atoms with E-state index in [9.17, 15) is 0 Å². The Kier molecular flexibility index (Phi) is 2.42. The Labute approximate surface area is 102 Å². The van der Waals surface area contributed by atoms with Crippen LogP contribution in [0.3, 0.4) is 0 Å². The van der Waals surface area contributed by atoms with Gasteiger partial charge in [-0.25, -0.2) is 9.97 Å². The van der Waals surface area contributed by atoms with Crippen molar-refractivity contribution < 1.29 is 0 Å². The maximum absolute atomic E-state index is 6.01. The first-order valence-electron chi connectivity index (χ1n) is 5.02. The molecule has 0 N–H and O–H groups in total. The second-order valence-corrected chi connectivity index (χ2v) is 3.87. The second kappa shape index (κ2) is 4.07. The first-order valence-corrected chi connectivity index (χ1v) is 5.40. The lowest BCUT2D eigenvalue weighted by Crippen LogP contribution is -1.92. The largest absolute Gasteiger partial charge is 0.244 e. The molecule has 4 nitrogen and oxygen atoms in total. The van der Waals surface area contributed by atoms with Crippen LogP contribution in [0, 0.1) is 0 Å². The molecule has 0 saturated heterocycles. The molecular formula is C12H7ClN4. The molecule has 0 fully saturated rings. The van der Waals surface area contributed by atoms with Gasteiger partial charge < -0.3 is 0 Å². The molecule has 2 aromatic heterocycles. The molecule has 0 saturated carbocycles. The van der Waals surface area contributed by atoms with Crippen LogP contribution in [-0.4, -0.2) is 20.2 Å². The first kappa shape index (κ1) is 10.1. The highest BCUT2D eigenvalue weighted by molar-refractivity contribution is 6.34. The zero-order valence-corrected chi connectivity index (χ0v) is 9.46. The van der Waals surface area contributed by atoms with Gasteiger partial charge in [-0.3, -0.25) is 0 Å². The van der Waals surface area contributed by atoms with E-state index in [4.69, 9.17) is 11.6 Å². The molecule has 0 bridgehead atoms. The van der Waals surface area contributed by atoms with Crippen molar-refractivity contribution in [3.63, 3.8) is 0 Å². The van der Waals surface area contributed by atoms with Gasteiger partial charge in [0.05, 0.1) is 0 Å². The second-order valence-electron chi connectivity index (χ2n) is 3.51. The highest BCUT2D eigenvalue weighted by atomic mass is 35.5. The fourth-order valence-corrected chi connectivity index (χ4v) is 1.91. The van der Waals surface area contributed by atoms with Crippen LogP contribution in [-0.2, 0) is 0 Å². The fraction of sp³-hybridized carbons (Fsp3) is 0. The van der Waals surface area contributed by atoms with Gasteiger partial charge in [0.1, 0.15) is 12.0 Å². The molecule has 0 aliphatic heterocycles. The molecule has 0 spiro atoms. The summed E-state index contributed by atoms with van der Waals surface area (Å²) < 4.78 is 0. The third-order valence-corrected chi connectivity index (χ3v) is 2.76. The van der Waals surface area contributed by atoms with Gasteiger partial charge in [-0.1, -0.05) is 35.9 Å². The fourth-order valence-electron chi connectivity index (χ4n) is 1.71. The van der Waals surface area contributed by atoms with Crippen LogP contribution in [0.4, 0.5) is 0 Å². The SMILES string of the molecule is Clc1nnc(-c2cncnc2)c2ccccc12. The zero-order chi connectivity index (χ0) is 11.7. The lowest BCUT2D eigenvalue weighted by molar-refractivity contribution is 1.05. The number of nitrogens with zero attached hydrogens (tertiary/aromatic N) is 4. The van der Waals surface area contributed by atoms with Gasteiger partial charge in [-0.2, -0.15) is 0 Å². The van der Waals surface area contributed by atoms with E-state index in [1.165, 1.54) is 6.33 Å². The summed E-state index contributed by atoms with van der Waals surface area (Å²) >= 11 is 6.01. The van der Waals surface area contributed by atoms with Crippen LogP contribution >= 0.6 is 11.6 Å². The Hall–Kier alpha value is -2.07. The Morgan fingerprint density at radius 1 is 0.882 bits per heavy atom. The van der Waals surface area contributed by atoms with Crippen molar-refractivity contribution in [2.24, 2.45) is 0 Å². The Morgan fingerprint density at radius 2 is 1.59 bits per heavy atom. The van der Waals surface area contributed by atoms with Crippen molar-refractivity contribution in [2.75, 3.05) is 0 Å². The van der Waals surface area contributed by atoms with E-state index in [-0.39, 0.29) is 0 Å². The quantitative estimate of drug-likeness (QED) is 0.658. The van der Waals surface area contributed by atoms with Crippen LogP contribution < -0.4 is 0 Å². The average Bonchev–Trinajstić information content (AvgIpc) is 2.41. The van der Waals surface area contributed by atoms with Crippen LogP contribution in [0.5, 0.6) is 0 Å². The van der Waals surface area contributed by atoms with Crippen molar-refractivity contribution in [1.29, 1.82) is 0 Å². The Morgan fingerprint density at radius 3 is 2.35 bits per heavy atom. The minimum Gasteiger partial charge on any atom is -0.244 e. The number of benzene rings is 1.